The number of H-pyrrole nitrogens is 1. The molecular formula is C16H24N6O7. The van der Waals surface area contributed by atoms with Gasteiger partial charge in [-0.3, -0.25) is 24.0 Å². The topological polar surface area (TPSA) is 217 Å². The molecule has 1 aromatic heterocycles. The van der Waals surface area contributed by atoms with Gasteiger partial charge in [0.25, 0.3) is 0 Å². The van der Waals surface area contributed by atoms with Gasteiger partial charge in [0.05, 0.1) is 18.8 Å². The van der Waals surface area contributed by atoms with Crippen molar-refractivity contribution in [3.05, 3.63) is 18.2 Å². The molecule has 0 bridgehead atoms. The van der Waals surface area contributed by atoms with Crippen LogP contribution in [0.3, 0.4) is 0 Å². The normalized spacial score (nSPS) is 14.7. The molecule has 4 atom stereocenters. The maximum Gasteiger partial charge on any atom is 0.325 e. The summed E-state index contributed by atoms with van der Waals surface area (Å²) in [5, 5.41) is 24.5. The molecule has 3 amide bonds. The number of carboxylic acids is 2. The zero-order valence-electron chi connectivity index (χ0n) is 15.8. The molecule has 29 heavy (non-hydrogen) atoms. The van der Waals surface area contributed by atoms with Gasteiger partial charge in [0.15, 0.2) is 0 Å². The Kier molecular flexibility index (Phi) is 8.73. The third-order valence-electron chi connectivity index (χ3n) is 3.82. The van der Waals surface area contributed by atoms with Crippen molar-refractivity contribution in [3.8, 4) is 0 Å². The van der Waals surface area contributed by atoms with Crippen molar-refractivity contribution in [3.63, 3.8) is 0 Å². The summed E-state index contributed by atoms with van der Waals surface area (Å²) in [4.78, 5) is 64.8. The van der Waals surface area contributed by atoms with Gasteiger partial charge in [0.2, 0.25) is 17.7 Å². The average molecular weight is 412 g/mol. The van der Waals surface area contributed by atoms with E-state index in [1.807, 2.05) is 0 Å². The molecule has 1 aromatic rings. The van der Waals surface area contributed by atoms with Gasteiger partial charge in [0, 0.05) is 18.3 Å². The number of aromatic nitrogens is 2. The number of carbonyl (C=O) groups excluding carboxylic acids is 3. The standard InChI is InChI=1S/C16H24N6O7/c1-7(13(25)21-8(2)16(28)29)20-15(27)11(3-9-5-18-6-19-9)22-14(26)10(17)4-12(23)24/h5-8,10-11H,3-4,17H2,1-2H3,(H,18,19)(H,20,27)(H,21,25)(H,22,26)(H,23,24)(H,28,29). The van der Waals surface area contributed by atoms with Crippen LogP contribution in [0.4, 0.5) is 0 Å². The molecule has 1 heterocycles. The van der Waals surface area contributed by atoms with Gasteiger partial charge in [-0.25, -0.2) is 4.98 Å². The van der Waals surface area contributed by atoms with E-state index in [4.69, 9.17) is 15.9 Å². The second-order valence-corrected chi connectivity index (χ2v) is 6.35. The molecule has 4 unspecified atom stereocenters. The molecule has 13 nitrogen and oxygen atoms in total. The van der Waals surface area contributed by atoms with Crippen molar-refractivity contribution < 1.29 is 34.2 Å². The van der Waals surface area contributed by atoms with E-state index in [0.29, 0.717) is 5.69 Å². The molecule has 0 fully saturated rings. The molecule has 0 spiro atoms. The summed E-state index contributed by atoms with van der Waals surface area (Å²) in [6.07, 6.45) is 2.13. The molecule has 0 saturated heterocycles. The lowest BCUT2D eigenvalue weighted by Gasteiger charge is -2.22. The van der Waals surface area contributed by atoms with Gasteiger partial charge in [-0.15, -0.1) is 0 Å². The molecule has 1 rings (SSSR count). The maximum atomic E-state index is 12.6. The molecule has 0 aliphatic heterocycles. The fourth-order valence-electron chi connectivity index (χ4n) is 2.16. The lowest BCUT2D eigenvalue weighted by molar-refractivity contribution is -0.141. The molecule has 0 aliphatic carbocycles. The Morgan fingerprint density at radius 2 is 1.66 bits per heavy atom. The maximum absolute atomic E-state index is 12.6. The summed E-state index contributed by atoms with van der Waals surface area (Å²) >= 11 is 0. The summed E-state index contributed by atoms with van der Waals surface area (Å²) in [5.41, 5.74) is 6.00. The molecule has 160 valence electrons. The number of imidazole rings is 1. The summed E-state index contributed by atoms with van der Waals surface area (Å²) in [6, 6.07) is -4.81. The van der Waals surface area contributed by atoms with E-state index >= 15 is 0 Å². The van der Waals surface area contributed by atoms with E-state index in [1.54, 1.807) is 0 Å². The first-order valence-electron chi connectivity index (χ1n) is 8.59. The largest absolute Gasteiger partial charge is 0.481 e. The summed E-state index contributed by atoms with van der Waals surface area (Å²) < 4.78 is 0. The predicted octanol–water partition coefficient (Wildman–Crippen LogP) is -2.67. The Morgan fingerprint density at radius 1 is 1.03 bits per heavy atom. The van der Waals surface area contributed by atoms with Crippen molar-refractivity contribution in [1.29, 1.82) is 0 Å². The van der Waals surface area contributed by atoms with Gasteiger partial charge in [-0.05, 0) is 13.8 Å². The van der Waals surface area contributed by atoms with Crippen molar-refractivity contribution in [2.75, 3.05) is 0 Å². The van der Waals surface area contributed by atoms with Crippen molar-refractivity contribution >= 4 is 29.7 Å². The van der Waals surface area contributed by atoms with Crippen LogP contribution in [-0.2, 0) is 30.4 Å². The lowest BCUT2D eigenvalue weighted by Crippen LogP contribution is -2.56. The van der Waals surface area contributed by atoms with E-state index in [1.165, 1.54) is 26.4 Å². The average Bonchev–Trinajstić information content (AvgIpc) is 3.13. The molecule has 13 heteroatoms. The zero-order valence-corrected chi connectivity index (χ0v) is 15.8. The second kappa shape index (κ2) is 10.8. The molecule has 0 radical (unpaired) electrons. The van der Waals surface area contributed by atoms with Crippen LogP contribution in [-0.4, -0.2) is 74.0 Å². The van der Waals surface area contributed by atoms with E-state index in [2.05, 4.69) is 25.9 Å². The minimum absolute atomic E-state index is 0.0305. The fourth-order valence-corrected chi connectivity index (χ4v) is 2.16. The Morgan fingerprint density at radius 3 is 2.17 bits per heavy atom. The number of nitrogens with two attached hydrogens (primary N) is 1. The van der Waals surface area contributed by atoms with E-state index in [9.17, 15) is 24.0 Å². The van der Waals surface area contributed by atoms with Gasteiger partial charge >= 0.3 is 11.9 Å². The first kappa shape index (κ1) is 23.6. The van der Waals surface area contributed by atoms with Gasteiger partial charge in [-0.2, -0.15) is 0 Å². The van der Waals surface area contributed by atoms with Crippen molar-refractivity contribution in [2.45, 2.75) is 50.9 Å². The summed E-state index contributed by atoms with van der Waals surface area (Å²) in [6.45, 7) is 2.60. The van der Waals surface area contributed by atoms with Crippen LogP contribution >= 0.6 is 0 Å². The second-order valence-electron chi connectivity index (χ2n) is 6.35. The van der Waals surface area contributed by atoms with Crippen molar-refractivity contribution in [2.24, 2.45) is 5.73 Å². The Bertz CT molecular complexity index is 751. The van der Waals surface area contributed by atoms with E-state index in [-0.39, 0.29) is 6.42 Å². The Hall–Kier alpha value is -3.48. The summed E-state index contributed by atoms with van der Waals surface area (Å²) in [5.74, 6) is -4.86. The number of carbonyl (C=O) groups is 5. The number of nitrogens with one attached hydrogen (secondary N) is 4. The highest BCUT2D eigenvalue weighted by atomic mass is 16.4. The SMILES string of the molecule is CC(NC(=O)C(C)NC(=O)C(Cc1cnc[nH]1)NC(=O)C(N)CC(=O)O)C(=O)O. The number of hydrogen-bond acceptors (Lipinski definition) is 7. The number of rotatable bonds is 11. The fraction of sp³-hybridized carbons (Fsp3) is 0.500. The summed E-state index contributed by atoms with van der Waals surface area (Å²) in [7, 11) is 0. The Balaban J connectivity index is 2.81. The number of hydrogen-bond donors (Lipinski definition) is 7. The van der Waals surface area contributed by atoms with Gasteiger partial charge < -0.3 is 36.9 Å². The number of aromatic amines is 1. The van der Waals surface area contributed by atoms with E-state index < -0.39 is 60.2 Å². The van der Waals surface area contributed by atoms with Gasteiger partial charge in [0.1, 0.15) is 18.1 Å². The monoisotopic (exact) mass is 412 g/mol. The predicted molar refractivity (Wildman–Crippen MR) is 97.3 cm³/mol. The van der Waals surface area contributed by atoms with Crippen LogP contribution < -0.4 is 21.7 Å². The van der Waals surface area contributed by atoms with Crippen LogP contribution in [0.5, 0.6) is 0 Å². The van der Waals surface area contributed by atoms with Crippen LogP contribution in [0.1, 0.15) is 26.0 Å². The number of amides is 3. The van der Waals surface area contributed by atoms with Crippen LogP contribution in [0.25, 0.3) is 0 Å². The quantitative estimate of drug-likeness (QED) is 0.201. The van der Waals surface area contributed by atoms with Crippen LogP contribution in [0.15, 0.2) is 12.5 Å². The lowest BCUT2D eigenvalue weighted by atomic mass is 10.1. The first-order chi connectivity index (χ1) is 13.5. The highest BCUT2D eigenvalue weighted by Crippen LogP contribution is 2.01. The third-order valence-corrected chi connectivity index (χ3v) is 3.82. The molecule has 0 aliphatic rings. The van der Waals surface area contributed by atoms with E-state index in [0.717, 1.165) is 0 Å². The highest BCUT2D eigenvalue weighted by Gasteiger charge is 2.28. The number of aliphatic carboxylic acids is 2. The molecular weight excluding hydrogens is 388 g/mol. The van der Waals surface area contributed by atoms with Gasteiger partial charge in [-0.1, -0.05) is 0 Å². The smallest absolute Gasteiger partial charge is 0.325 e. The van der Waals surface area contributed by atoms with Crippen LogP contribution in [0.2, 0.25) is 0 Å². The molecule has 0 saturated carbocycles. The highest BCUT2D eigenvalue weighted by molar-refractivity contribution is 5.94. The zero-order chi connectivity index (χ0) is 22.1. The third kappa shape index (κ3) is 7.96. The Labute approximate surface area is 165 Å². The molecule has 0 aromatic carbocycles. The molecule has 8 N–H and O–H groups in total. The number of nitrogens with zero attached hydrogens (tertiary/aromatic N) is 1. The van der Waals surface area contributed by atoms with Crippen LogP contribution in [0, 0.1) is 0 Å². The minimum atomic E-state index is -1.37. The number of carboxylic acid groups (broad SMARTS) is 2. The minimum Gasteiger partial charge on any atom is -0.481 e. The van der Waals surface area contributed by atoms with Crippen molar-refractivity contribution in [1.82, 2.24) is 25.9 Å². The first-order valence-corrected chi connectivity index (χ1v) is 8.59.